The number of carbonyl (C=O) groups is 2. The van der Waals surface area contributed by atoms with Crippen LogP contribution in [0.4, 0.5) is 0 Å². The summed E-state index contributed by atoms with van der Waals surface area (Å²) in [6.07, 6.45) is 0.868. The third-order valence-corrected chi connectivity index (χ3v) is 1.87. The fourth-order valence-electron chi connectivity index (χ4n) is 1.13. The SMILES string of the molecule is O=C(O)CONC(=O)CCc1ccccc1. The Bertz CT molecular complexity index is 350. The molecule has 1 amide bonds. The lowest BCUT2D eigenvalue weighted by Gasteiger charge is -2.03. The molecule has 1 aromatic carbocycles. The van der Waals surface area contributed by atoms with Crippen LogP contribution < -0.4 is 5.48 Å². The lowest BCUT2D eigenvalue weighted by atomic mass is 10.1. The molecule has 5 nitrogen and oxygen atoms in total. The van der Waals surface area contributed by atoms with Gasteiger partial charge in [0, 0.05) is 6.42 Å². The van der Waals surface area contributed by atoms with Crippen molar-refractivity contribution in [3.8, 4) is 0 Å². The number of amides is 1. The predicted molar refractivity (Wildman–Crippen MR) is 56.5 cm³/mol. The quantitative estimate of drug-likeness (QED) is 0.698. The summed E-state index contributed by atoms with van der Waals surface area (Å²) in [5, 5.41) is 8.26. The van der Waals surface area contributed by atoms with Gasteiger partial charge in [-0.25, -0.2) is 10.3 Å². The van der Waals surface area contributed by atoms with E-state index in [-0.39, 0.29) is 12.3 Å². The standard InChI is InChI=1S/C11H13NO4/c13-10(12-16-8-11(14)15)7-6-9-4-2-1-3-5-9/h1-5H,6-8H2,(H,12,13)(H,14,15). The zero-order chi connectivity index (χ0) is 11.8. The van der Waals surface area contributed by atoms with Gasteiger partial charge in [0.15, 0.2) is 6.61 Å². The monoisotopic (exact) mass is 223 g/mol. The second-order valence-corrected chi connectivity index (χ2v) is 3.19. The first-order valence-electron chi connectivity index (χ1n) is 4.85. The number of carbonyl (C=O) groups excluding carboxylic acids is 1. The lowest BCUT2D eigenvalue weighted by molar-refractivity contribution is -0.149. The molecule has 0 aliphatic heterocycles. The molecule has 0 unspecified atom stereocenters. The molecular weight excluding hydrogens is 210 g/mol. The minimum atomic E-state index is -1.12. The van der Waals surface area contributed by atoms with Crippen LogP contribution in [0.3, 0.4) is 0 Å². The molecule has 0 spiro atoms. The van der Waals surface area contributed by atoms with E-state index in [9.17, 15) is 9.59 Å². The van der Waals surface area contributed by atoms with Gasteiger partial charge in [-0.3, -0.25) is 9.63 Å². The molecule has 0 aromatic heterocycles. The van der Waals surface area contributed by atoms with E-state index in [0.717, 1.165) is 5.56 Å². The number of rotatable bonds is 6. The van der Waals surface area contributed by atoms with Gasteiger partial charge >= 0.3 is 5.97 Å². The van der Waals surface area contributed by atoms with Crippen molar-refractivity contribution in [1.29, 1.82) is 0 Å². The molecule has 0 heterocycles. The summed E-state index contributed by atoms with van der Waals surface area (Å²) < 4.78 is 0. The van der Waals surface area contributed by atoms with Crippen LogP contribution in [0.2, 0.25) is 0 Å². The van der Waals surface area contributed by atoms with Crippen LogP contribution in [-0.2, 0) is 20.8 Å². The minimum Gasteiger partial charge on any atom is -0.479 e. The molecule has 2 N–H and O–H groups in total. The smallest absolute Gasteiger partial charge is 0.332 e. The molecule has 0 atom stereocenters. The van der Waals surface area contributed by atoms with Gasteiger partial charge in [-0.1, -0.05) is 30.3 Å². The molecule has 0 saturated heterocycles. The highest BCUT2D eigenvalue weighted by molar-refractivity contribution is 5.75. The van der Waals surface area contributed by atoms with Crippen LogP contribution in [0.5, 0.6) is 0 Å². The highest BCUT2D eigenvalue weighted by Crippen LogP contribution is 2.01. The van der Waals surface area contributed by atoms with Crippen LogP contribution >= 0.6 is 0 Å². The largest absolute Gasteiger partial charge is 0.479 e. The zero-order valence-corrected chi connectivity index (χ0v) is 8.68. The first-order valence-corrected chi connectivity index (χ1v) is 4.85. The van der Waals surface area contributed by atoms with E-state index in [1.54, 1.807) is 0 Å². The third-order valence-electron chi connectivity index (χ3n) is 1.87. The molecule has 16 heavy (non-hydrogen) atoms. The topological polar surface area (TPSA) is 75.6 Å². The molecule has 0 radical (unpaired) electrons. The number of hydrogen-bond donors (Lipinski definition) is 2. The third kappa shape index (κ3) is 5.11. The molecule has 1 rings (SSSR count). The first-order chi connectivity index (χ1) is 7.68. The summed E-state index contributed by atoms with van der Waals surface area (Å²) in [5.41, 5.74) is 3.12. The Balaban J connectivity index is 2.18. The Morgan fingerprint density at radius 3 is 2.56 bits per heavy atom. The molecule has 0 saturated carbocycles. The van der Waals surface area contributed by atoms with Gasteiger partial charge in [-0.2, -0.15) is 0 Å². The number of benzene rings is 1. The second kappa shape index (κ2) is 6.58. The molecule has 0 bridgehead atoms. The van der Waals surface area contributed by atoms with Crippen LogP contribution in [0.25, 0.3) is 0 Å². The van der Waals surface area contributed by atoms with Crippen LogP contribution in [0.15, 0.2) is 30.3 Å². The molecular formula is C11H13NO4. The fourth-order valence-corrected chi connectivity index (χ4v) is 1.13. The summed E-state index contributed by atoms with van der Waals surface area (Å²) in [5.74, 6) is -1.45. The van der Waals surface area contributed by atoms with E-state index in [4.69, 9.17) is 5.11 Å². The lowest BCUT2D eigenvalue weighted by Crippen LogP contribution is -2.26. The van der Waals surface area contributed by atoms with Gasteiger partial charge in [0.05, 0.1) is 0 Å². The van der Waals surface area contributed by atoms with Crippen molar-refractivity contribution < 1.29 is 19.5 Å². The Hall–Kier alpha value is -1.88. The highest BCUT2D eigenvalue weighted by atomic mass is 16.7. The molecule has 5 heteroatoms. The summed E-state index contributed by atoms with van der Waals surface area (Å²) in [6, 6.07) is 9.54. The summed E-state index contributed by atoms with van der Waals surface area (Å²) >= 11 is 0. The molecule has 0 aliphatic rings. The van der Waals surface area contributed by atoms with E-state index < -0.39 is 12.6 Å². The van der Waals surface area contributed by atoms with Crippen molar-refractivity contribution in [2.75, 3.05) is 6.61 Å². The number of hydrogen-bond acceptors (Lipinski definition) is 3. The van der Waals surface area contributed by atoms with E-state index >= 15 is 0 Å². The van der Waals surface area contributed by atoms with Crippen LogP contribution in [0, 0.1) is 0 Å². The van der Waals surface area contributed by atoms with E-state index in [2.05, 4.69) is 10.3 Å². The predicted octanol–water partition coefficient (Wildman–Crippen LogP) is 0.752. The normalized spacial score (nSPS) is 9.75. The average Bonchev–Trinajstić information content (AvgIpc) is 2.27. The van der Waals surface area contributed by atoms with E-state index in [1.165, 1.54) is 0 Å². The second-order valence-electron chi connectivity index (χ2n) is 3.19. The highest BCUT2D eigenvalue weighted by Gasteiger charge is 2.03. The van der Waals surface area contributed by atoms with Gasteiger partial charge in [-0.15, -0.1) is 0 Å². The average molecular weight is 223 g/mol. The summed E-state index contributed by atoms with van der Waals surface area (Å²) in [6.45, 7) is -0.531. The van der Waals surface area contributed by atoms with Gasteiger partial charge in [-0.05, 0) is 12.0 Å². The van der Waals surface area contributed by atoms with Gasteiger partial charge in [0.2, 0.25) is 5.91 Å². The first kappa shape index (κ1) is 12.2. The Morgan fingerprint density at radius 2 is 1.94 bits per heavy atom. The van der Waals surface area contributed by atoms with Gasteiger partial charge < -0.3 is 5.11 Å². The molecule has 0 fully saturated rings. The number of nitrogens with one attached hydrogen (secondary N) is 1. The van der Waals surface area contributed by atoms with Crippen molar-refractivity contribution in [2.45, 2.75) is 12.8 Å². The van der Waals surface area contributed by atoms with Crippen LogP contribution in [-0.4, -0.2) is 23.6 Å². The summed E-state index contributed by atoms with van der Waals surface area (Å²) in [4.78, 5) is 25.7. The number of carboxylic acid groups (broad SMARTS) is 1. The maximum Gasteiger partial charge on any atom is 0.332 e. The molecule has 0 aliphatic carbocycles. The van der Waals surface area contributed by atoms with Crippen molar-refractivity contribution in [2.24, 2.45) is 0 Å². The zero-order valence-electron chi connectivity index (χ0n) is 8.68. The Kier molecular flexibility index (Phi) is 5.01. The van der Waals surface area contributed by atoms with E-state index in [0.29, 0.717) is 6.42 Å². The molecule has 1 aromatic rings. The Morgan fingerprint density at radius 1 is 1.25 bits per heavy atom. The fraction of sp³-hybridized carbons (Fsp3) is 0.273. The number of aliphatic carboxylic acids is 1. The summed E-state index contributed by atoms with van der Waals surface area (Å²) in [7, 11) is 0. The Labute approximate surface area is 93.0 Å². The maximum absolute atomic E-state index is 11.2. The number of carboxylic acids is 1. The van der Waals surface area contributed by atoms with Gasteiger partial charge in [0.25, 0.3) is 0 Å². The van der Waals surface area contributed by atoms with Gasteiger partial charge in [0.1, 0.15) is 0 Å². The van der Waals surface area contributed by atoms with Crippen molar-refractivity contribution in [3.63, 3.8) is 0 Å². The molecule has 86 valence electrons. The van der Waals surface area contributed by atoms with Crippen molar-refractivity contribution in [3.05, 3.63) is 35.9 Å². The van der Waals surface area contributed by atoms with E-state index in [1.807, 2.05) is 30.3 Å². The minimum absolute atomic E-state index is 0.267. The van der Waals surface area contributed by atoms with Crippen molar-refractivity contribution in [1.82, 2.24) is 5.48 Å². The number of hydroxylamine groups is 1. The van der Waals surface area contributed by atoms with Crippen LogP contribution in [0.1, 0.15) is 12.0 Å². The number of aryl methyl sites for hydroxylation is 1. The maximum atomic E-state index is 11.2. The van der Waals surface area contributed by atoms with Crippen molar-refractivity contribution >= 4 is 11.9 Å².